The Balaban J connectivity index is 3.83. The number of hydrogen-bond acceptors (Lipinski definition) is 1. The van der Waals surface area contributed by atoms with Gasteiger partial charge in [-0.25, -0.2) is 0 Å². The molecular weight excluding hydrogens is 196 g/mol. The second kappa shape index (κ2) is 7.67. The molecule has 0 radical (unpaired) electrons. The molecule has 0 aromatic rings. The maximum absolute atomic E-state index is 9.85. The molecule has 94 valence electrons. The van der Waals surface area contributed by atoms with Gasteiger partial charge in [-0.05, 0) is 59.8 Å². The van der Waals surface area contributed by atoms with Gasteiger partial charge in [0.15, 0.2) is 0 Å². The van der Waals surface area contributed by atoms with Crippen LogP contribution in [0.25, 0.3) is 0 Å². The second-order valence-electron chi connectivity index (χ2n) is 5.26. The minimum atomic E-state index is -0.489. The summed E-state index contributed by atoms with van der Waals surface area (Å²) in [5, 5.41) is 9.85. The number of rotatable bonds is 7. The lowest BCUT2D eigenvalue weighted by molar-refractivity contribution is 0.0480. The summed E-state index contributed by atoms with van der Waals surface area (Å²) in [6.07, 6.45) is 9.50. The van der Waals surface area contributed by atoms with Crippen molar-refractivity contribution in [3.05, 3.63) is 23.3 Å². The van der Waals surface area contributed by atoms with Gasteiger partial charge in [0, 0.05) is 0 Å². The Morgan fingerprint density at radius 2 is 1.75 bits per heavy atom. The highest BCUT2D eigenvalue weighted by Gasteiger charge is 2.15. The van der Waals surface area contributed by atoms with Crippen LogP contribution in [0.2, 0.25) is 0 Å². The van der Waals surface area contributed by atoms with Gasteiger partial charge >= 0.3 is 0 Å². The van der Waals surface area contributed by atoms with Gasteiger partial charge in [-0.3, -0.25) is 0 Å². The normalized spacial score (nSPS) is 15.8. The topological polar surface area (TPSA) is 20.2 Å². The van der Waals surface area contributed by atoms with E-state index in [0.29, 0.717) is 0 Å². The molecular formula is C15H28O. The summed E-state index contributed by atoms with van der Waals surface area (Å²) in [6, 6.07) is 0. The molecule has 16 heavy (non-hydrogen) atoms. The van der Waals surface area contributed by atoms with E-state index in [1.165, 1.54) is 11.1 Å². The summed E-state index contributed by atoms with van der Waals surface area (Å²) in [5.74, 6) is 0. The lowest BCUT2D eigenvalue weighted by atomic mass is 9.96. The smallest absolute Gasteiger partial charge is 0.0620 e. The summed E-state index contributed by atoms with van der Waals surface area (Å²) < 4.78 is 0. The quantitative estimate of drug-likeness (QED) is 0.626. The van der Waals surface area contributed by atoms with Gasteiger partial charge in [0.2, 0.25) is 0 Å². The Morgan fingerprint density at radius 1 is 1.12 bits per heavy atom. The van der Waals surface area contributed by atoms with Crippen LogP contribution in [0.15, 0.2) is 23.3 Å². The van der Waals surface area contributed by atoms with Gasteiger partial charge in [0.1, 0.15) is 0 Å². The van der Waals surface area contributed by atoms with Gasteiger partial charge in [-0.15, -0.1) is 0 Å². The zero-order chi connectivity index (χ0) is 12.6. The first kappa shape index (κ1) is 15.4. The maximum atomic E-state index is 9.85. The molecule has 1 N–H and O–H groups in total. The van der Waals surface area contributed by atoms with Crippen LogP contribution in [-0.2, 0) is 0 Å². The molecule has 0 amide bonds. The van der Waals surface area contributed by atoms with Gasteiger partial charge in [0.05, 0.1) is 5.60 Å². The summed E-state index contributed by atoms with van der Waals surface area (Å²) in [7, 11) is 0. The first-order valence-corrected chi connectivity index (χ1v) is 6.39. The van der Waals surface area contributed by atoms with Crippen molar-refractivity contribution in [1.29, 1.82) is 0 Å². The summed E-state index contributed by atoms with van der Waals surface area (Å²) >= 11 is 0. The molecule has 0 spiro atoms. The largest absolute Gasteiger partial charge is 0.390 e. The molecule has 1 heteroatoms. The molecule has 0 saturated carbocycles. The van der Waals surface area contributed by atoms with Gasteiger partial charge < -0.3 is 5.11 Å². The van der Waals surface area contributed by atoms with E-state index in [-0.39, 0.29) is 0 Å². The molecule has 0 aliphatic rings. The van der Waals surface area contributed by atoms with Crippen molar-refractivity contribution < 1.29 is 5.11 Å². The van der Waals surface area contributed by atoms with Crippen molar-refractivity contribution in [2.45, 2.75) is 72.3 Å². The Bertz CT molecular complexity index is 242. The van der Waals surface area contributed by atoms with Gasteiger partial charge in [0.25, 0.3) is 0 Å². The summed E-state index contributed by atoms with van der Waals surface area (Å²) in [6.45, 7) is 10.4. The van der Waals surface area contributed by atoms with Crippen molar-refractivity contribution in [3.8, 4) is 0 Å². The molecule has 0 bridgehead atoms. The molecule has 1 nitrogen and oxygen atoms in total. The van der Waals surface area contributed by atoms with Gasteiger partial charge in [-0.1, -0.05) is 30.2 Å². The molecule has 0 rings (SSSR count). The minimum absolute atomic E-state index is 0.489. The molecule has 0 unspecified atom stereocenters. The zero-order valence-electron chi connectivity index (χ0n) is 11.6. The third kappa shape index (κ3) is 8.72. The Kier molecular flexibility index (Phi) is 7.40. The van der Waals surface area contributed by atoms with Gasteiger partial charge in [-0.2, -0.15) is 0 Å². The highest BCUT2D eigenvalue weighted by atomic mass is 16.3. The average molecular weight is 224 g/mol. The SMILES string of the molecule is CC[C@@](C)(O)CC/C=C(\C)CCC=C(C)C. The van der Waals surface area contributed by atoms with Crippen molar-refractivity contribution in [2.24, 2.45) is 0 Å². The zero-order valence-corrected chi connectivity index (χ0v) is 11.6. The van der Waals surface area contributed by atoms with E-state index < -0.39 is 5.60 Å². The van der Waals surface area contributed by atoms with Crippen LogP contribution in [0.5, 0.6) is 0 Å². The molecule has 0 aromatic heterocycles. The van der Waals surface area contributed by atoms with Crippen LogP contribution < -0.4 is 0 Å². The third-order valence-corrected chi connectivity index (χ3v) is 3.03. The third-order valence-electron chi connectivity index (χ3n) is 3.03. The minimum Gasteiger partial charge on any atom is -0.390 e. The molecule has 1 atom stereocenters. The lowest BCUT2D eigenvalue weighted by Crippen LogP contribution is -2.21. The van der Waals surface area contributed by atoms with Crippen LogP contribution in [0.4, 0.5) is 0 Å². The maximum Gasteiger partial charge on any atom is 0.0620 e. The standard InChI is InChI=1S/C15H28O/c1-6-15(5,16)12-8-11-14(4)10-7-9-13(2)3/h9,11,16H,6-8,10,12H2,1-5H3/b14-11+/t15-/m1/s1. The molecule has 0 fully saturated rings. The van der Waals surface area contributed by atoms with E-state index in [4.69, 9.17) is 0 Å². The van der Waals surface area contributed by atoms with Crippen LogP contribution in [0.3, 0.4) is 0 Å². The van der Waals surface area contributed by atoms with E-state index in [9.17, 15) is 5.11 Å². The fraction of sp³-hybridized carbons (Fsp3) is 0.733. The Morgan fingerprint density at radius 3 is 2.25 bits per heavy atom. The van der Waals surface area contributed by atoms with Crippen LogP contribution in [-0.4, -0.2) is 10.7 Å². The number of aliphatic hydroxyl groups is 1. The molecule has 0 heterocycles. The van der Waals surface area contributed by atoms with Crippen molar-refractivity contribution in [2.75, 3.05) is 0 Å². The van der Waals surface area contributed by atoms with Crippen molar-refractivity contribution in [3.63, 3.8) is 0 Å². The van der Waals surface area contributed by atoms with E-state index in [1.807, 2.05) is 13.8 Å². The second-order valence-corrected chi connectivity index (χ2v) is 5.26. The molecule has 0 saturated heterocycles. The van der Waals surface area contributed by atoms with E-state index in [0.717, 1.165) is 32.1 Å². The fourth-order valence-corrected chi connectivity index (χ4v) is 1.50. The number of hydrogen-bond donors (Lipinski definition) is 1. The van der Waals surface area contributed by atoms with Crippen LogP contribution in [0.1, 0.15) is 66.7 Å². The molecule has 0 aromatic carbocycles. The first-order valence-electron chi connectivity index (χ1n) is 6.39. The molecule has 0 aliphatic heterocycles. The van der Waals surface area contributed by atoms with Crippen molar-refractivity contribution >= 4 is 0 Å². The Labute approximate surface area is 101 Å². The average Bonchev–Trinajstić information content (AvgIpc) is 2.17. The Hall–Kier alpha value is -0.560. The monoisotopic (exact) mass is 224 g/mol. The van der Waals surface area contributed by atoms with Crippen molar-refractivity contribution in [1.82, 2.24) is 0 Å². The van der Waals surface area contributed by atoms with E-state index in [2.05, 4.69) is 32.9 Å². The highest BCUT2D eigenvalue weighted by molar-refractivity contribution is 5.02. The summed E-state index contributed by atoms with van der Waals surface area (Å²) in [4.78, 5) is 0. The first-order chi connectivity index (χ1) is 7.37. The van der Waals surface area contributed by atoms with Crippen LogP contribution >= 0.6 is 0 Å². The molecule has 0 aliphatic carbocycles. The summed E-state index contributed by atoms with van der Waals surface area (Å²) in [5.41, 5.74) is 2.34. The van der Waals surface area contributed by atoms with E-state index in [1.54, 1.807) is 0 Å². The fourth-order valence-electron chi connectivity index (χ4n) is 1.50. The van der Waals surface area contributed by atoms with E-state index >= 15 is 0 Å². The highest BCUT2D eigenvalue weighted by Crippen LogP contribution is 2.17. The predicted octanol–water partition coefficient (Wildman–Crippen LogP) is 4.62. The predicted molar refractivity (Wildman–Crippen MR) is 72.6 cm³/mol. The lowest BCUT2D eigenvalue weighted by Gasteiger charge is -2.20. The van der Waals surface area contributed by atoms with Crippen LogP contribution in [0, 0.1) is 0 Å². The number of allylic oxidation sites excluding steroid dienone is 4.